The summed E-state index contributed by atoms with van der Waals surface area (Å²) in [6.45, 7) is 8.98. The van der Waals surface area contributed by atoms with Gasteiger partial charge >= 0.3 is 0 Å². The Kier molecular flexibility index (Phi) is 5.17. The fraction of sp³-hybridized carbons (Fsp3) is 0.733. The molecule has 1 aliphatic heterocycles. The number of rotatable bonds is 5. The SMILES string of the molecule is CC(C)NCC1CCCN(C(=O)C(C)n2cccn2)C1. The van der Waals surface area contributed by atoms with Crippen LogP contribution in [0.1, 0.15) is 39.7 Å². The second kappa shape index (κ2) is 6.88. The Balaban J connectivity index is 1.89. The Morgan fingerprint density at radius 2 is 2.25 bits per heavy atom. The minimum Gasteiger partial charge on any atom is -0.341 e. The van der Waals surface area contributed by atoms with Crippen LogP contribution in [-0.4, -0.2) is 46.3 Å². The van der Waals surface area contributed by atoms with E-state index in [0.29, 0.717) is 12.0 Å². The molecular formula is C15H26N4O. The molecule has 2 heterocycles. The zero-order valence-electron chi connectivity index (χ0n) is 12.7. The predicted molar refractivity (Wildman–Crippen MR) is 79.4 cm³/mol. The molecule has 0 radical (unpaired) electrons. The minimum absolute atomic E-state index is 0.183. The van der Waals surface area contributed by atoms with E-state index in [1.807, 2.05) is 24.1 Å². The average Bonchev–Trinajstić information content (AvgIpc) is 2.98. The van der Waals surface area contributed by atoms with E-state index < -0.39 is 0 Å². The summed E-state index contributed by atoms with van der Waals surface area (Å²) in [5.41, 5.74) is 0. The van der Waals surface area contributed by atoms with Gasteiger partial charge in [-0.3, -0.25) is 9.48 Å². The molecule has 1 aromatic rings. The molecule has 0 bridgehead atoms. The van der Waals surface area contributed by atoms with E-state index in [1.54, 1.807) is 10.9 Å². The standard InChI is InChI=1S/C15H26N4O/c1-12(2)16-10-14-6-4-8-18(11-14)15(20)13(3)19-9-5-7-17-19/h5,7,9,12-14,16H,4,6,8,10-11H2,1-3H3. The molecule has 5 heteroatoms. The smallest absolute Gasteiger partial charge is 0.247 e. The molecule has 0 aromatic carbocycles. The third-order valence-corrected chi connectivity index (χ3v) is 3.92. The molecule has 1 saturated heterocycles. The molecule has 2 atom stereocenters. The Morgan fingerprint density at radius 3 is 2.90 bits per heavy atom. The van der Waals surface area contributed by atoms with Crippen molar-refractivity contribution in [2.75, 3.05) is 19.6 Å². The van der Waals surface area contributed by atoms with Gasteiger partial charge in [0.05, 0.1) is 0 Å². The van der Waals surface area contributed by atoms with Gasteiger partial charge in [-0.25, -0.2) is 0 Å². The highest BCUT2D eigenvalue weighted by Crippen LogP contribution is 2.19. The Morgan fingerprint density at radius 1 is 1.45 bits per heavy atom. The van der Waals surface area contributed by atoms with Crippen LogP contribution in [0.5, 0.6) is 0 Å². The lowest BCUT2D eigenvalue weighted by atomic mass is 9.97. The van der Waals surface area contributed by atoms with Crippen molar-refractivity contribution < 1.29 is 4.79 Å². The first-order chi connectivity index (χ1) is 9.58. The van der Waals surface area contributed by atoms with Crippen molar-refractivity contribution >= 4 is 5.91 Å². The van der Waals surface area contributed by atoms with Crippen LogP contribution in [-0.2, 0) is 4.79 Å². The molecule has 5 nitrogen and oxygen atoms in total. The van der Waals surface area contributed by atoms with Gasteiger partial charge in [0.1, 0.15) is 6.04 Å². The Labute approximate surface area is 121 Å². The summed E-state index contributed by atoms with van der Waals surface area (Å²) >= 11 is 0. The zero-order valence-corrected chi connectivity index (χ0v) is 12.7. The maximum atomic E-state index is 12.5. The molecule has 0 aliphatic carbocycles. The molecule has 0 saturated carbocycles. The lowest BCUT2D eigenvalue weighted by molar-refractivity contribution is -0.136. The highest BCUT2D eigenvalue weighted by Gasteiger charge is 2.27. The van der Waals surface area contributed by atoms with Crippen LogP contribution in [0.3, 0.4) is 0 Å². The van der Waals surface area contributed by atoms with Crippen molar-refractivity contribution in [2.24, 2.45) is 5.92 Å². The summed E-state index contributed by atoms with van der Waals surface area (Å²) in [5, 5.41) is 7.64. The quantitative estimate of drug-likeness (QED) is 0.891. The zero-order chi connectivity index (χ0) is 14.5. The molecule has 2 unspecified atom stereocenters. The van der Waals surface area contributed by atoms with Crippen LogP contribution < -0.4 is 5.32 Å². The van der Waals surface area contributed by atoms with Crippen LogP contribution in [0.4, 0.5) is 0 Å². The Bertz CT molecular complexity index is 416. The van der Waals surface area contributed by atoms with Gasteiger partial charge in [-0.15, -0.1) is 0 Å². The summed E-state index contributed by atoms with van der Waals surface area (Å²) in [6.07, 6.45) is 5.88. The molecule has 1 aromatic heterocycles. The number of nitrogens with zero attached hydrogens (tertiary/aromatic N) is 3. The molecule has 2 rings (SSSR count). The molecule has 0 spiro atoms. The van der Waals surface area contributed by atoms with Crippen molar-refractivity contribution in [1.29, 1.82) is 0 Å². The highest BCUT2D eigenvalue weighted by molar-refractivity contribution is 5.80. The van der Waals surface area contributed by atoms with E-state index in [-0.39, 0.29) is 11.9 Å². The fourth-order valence-corrected chi connectivity index (χ4v) is 2.72. The lowest BCUT2D eigenvalue weighted by Crippen LogP contribution is -2.45. The first kappa shape index (κ1) is 15.0. The number of hydrogen-bond donors (Lipinski definition) is 1. The van der Waals surface area contributed by atoms with Crippen LogP contribution in [0.2, 0.25) is 0 Å². The van der Waals surface area contributed by atoms with Crippen LogP contribution in [0.15, 0.2) is 18.5 Å². The first-order valence-electron chi connectivity index (χ1n) is 7.59. The first-order valence-corrected chi connectivity index (χ1v) is 7.59. The minimum atomic E-state index is -0.207. The topological polar surface area (TPSA) is 50.2 Å². The van der Waals surface area contributed by atoms with Gasteiger partial charge in [-0.2, -0.15) is 5.10 Å². The van der Waals surface area contributed by atoms with Crippen molar-refractivity contribution in [3.63, 3.8) is 0 Å². The number of likely N-dealkylation sites (tertiary alicyclic amines) is 1. The van der Waals surface area contributed by atoms with Gasteiger partial charge in [-0.1, -0.05) is 13.8 Å². The lowest BCUT2D eigenvalue weighted by Gasteiger charge is -2.34. The van der Waals surface area contributed by atoms with E-state index >= 15 is 0 Å². The van der Waals surface area contributed by atoms with Gasteiger partial charge in [-0.05, 0) is 38.3 Å². The average molecular weight is 278 g/mol. The van der Waals surface area contributed by atoms with E-state index in [1.165, 1.54) is 6.42 Å². The van der Waals surface area contributed by atoms with Gasteiger partial charge in [0.15, 0.2) is 0 Å². The monoisotopic (exact) mass is 278 g/mol. The van der Waals surface area contributed by atoms with Crippen molar-refractivity contribution in [3.05, 3.63) is 18.5 Å². The summed E-state index contributed by atoms with van der Waals surface area (Å²) in [7, 11) is 0. The third kappa shape index (κ3) is 3.82. The van der Waals surface area contributed by atoms with Crippen molar-refractivity contribution in [2.45, 2.75) is 45.7 Å². The molecule has 1 amide bonds. The van der Waals surface area contributed by atoms with E-state index in [0.717, 1.165) is 26.1 Å². The van der Waals surface area contributed by atoms with E-state index in [9.17, 15) is 4.79 Å². The second-order valence-electron chi connectivity index (χ2n) is 6.02. The summed E-state index contributed by atoms with van der Waals surface area (Å²) < 4.78 is 1.73. The van der Waals surface area contributed by atoms with E-state index in [2.05, 4.69) is 24.3 Å². The van der Waals surface area contributed by atoms with Gasteiger partial charge in [0.25, 0.3) is 0 Å². The van der Waals surface area contributed by atoms with Crippen LogP contribution in [0, 0.1) is 5.92 Å². The molecule has 1 N–H and O–H groups in total. The molecule has 1 fully saturated rings. The van der Waals surface area contributed by atoms with Crippen molar-refractivity contribution in [3.8, 4) is 0 Å². The number of nitrogens with one attached hydrogen (secondary N) is 1. The number of carbonyl (C=O) groups is 1. The number of hydrogen-bond acceptors (Lipinski definition) is 3. The van der Waals surface area contributed by atoms with Crippen molar-refractivity contribution in [1.82, 2.24) is 20.0 Å². The number of piperidine rings is 1. The maximum Gasteiger partial charge on any atom is 0.247 e. The van der Waals surface area contributed by atoms with Gasteiger partial charge in [0, 0.05) is 31.5 Å². The predicted octanol–water partition coefficient (Wildman–Crippen LogP) is 1.68. The van der Waals surface area contributed by atoms with Crippen LogP contribution >= 0.6 is 0 Å². The Hall–Kier alpha value is -1.36. The fourth-order valence-electron chi connectivity index (χ4n) is 2.72. The van der Waals surface area contributed by atoms with E-state index in [4.69, 9.17) is 0 Å². The summed E-state index contributed by atoms with van der Waals surface area (Å²) in [6, 6.07) is 2.15. The largest absolute Gasteiger partial charge is 0.341 e. The number of amides is 1. The molecule has 20 heavy (non-hydrogen) atoms. The second-order valence-corrected chi connectivity index (χ2v) is 6.02. The normalized spacial score (nSPS) is 21.2. The van der Waals surface area contributed by atoms with Gasteiger partial charge in [0.2, 0.25) is 5.91 Å². The number of carbonyl (C=O) groups excluding carboxylic acids is 1. The molecular weight excluding hydrogens is 252 g/mol. The summed E-state index contributed by atoms with van der Waals surface area (Å²) in [5.74, 6) is 0.753. The summed E-state index contributed by atoms with van der Waals surface area (Å²) in [4.78, 5) is 14.5. The number of aromatic nitrogens is 2. The molecule has 1 aliphatic rings. The maximum absolute atomic E-state index is 12.5. The third-order valence-electron chi connectivity index (χ3n) is 3.92. The highest BCUT2D eigenvalue weighted by atomic mass is 16.2. The molecule has 112 valence electrons. The van der Waals surface area contributed by atoms with Gasteiger partial charge < -0.3 is 10.2 Å². The van der Waals surface area contributed by atoms with Crippen LogP contribution in [0.25, 0.3) is 0 Å².